The second-order valence-electron chi connectivity index (χ2n) is 4.84. The number of hydrogen-bond donors (Lipinski definition) is 1. The summed E-state index contributed by atoms with van der Waals surface area (Å²) in [6, 6.07) is 13.4. The topological polar surface area (TPSA) is 39.2 Å². The normalized spacial score (nSPS) is 12.8. The second-order valence-corrected chi connectivity index (χ2v) is 6.10. The van der Waals surface area contributed by atoms with Crippen LogP contribution in [0.4, 0.5) is 0 Å². The molecule has 2 aromatic carbocycles. The molecular weight excluding hydrogens is 338 g/mol. The Bertz CT molecular complexity index is 781. The van der Waals surface area contributed by atoms with E-state index in [2.05, 4.69) is 28.9 Å². The van der Waals surface area contributed by atoms with Crippen LogP contribution in [-0.4, -0.2) is 0 Å². The van der Waals surface area contributed by atoms with Crippen molar-refractivity contribution < 1.29 is 4.42 Å². The van der Waals surface area contributed by atoms with E-state index in [1.807, 2.05) is 36.4 Å². The predicted molar refractivity (Wildman–Crippen MR) is 86.1 cm³/mol. The Labute approximate surface area is 130 Å². The summed E-state index contributed by atoms with van der Waals surface area (Å²) < 4.78 is 6.67. The molecule has 2 N–H and O–H groups in total. The van der Waals surface area contributed by atoms with Gasteiger partial charge < -0.3 is 10.2 Å². The zero-order chi connectivity index (χ0) is 14.3. The van der Waals surface area contributed by atoms with Crippen LogP contribution in [0.25, 0.3) is 11.0 Å². The summed E-state index contributed by atoms with van der Waals surface area (Å²) in [6.45, 7) is 2.06. The van der Waals surface area contributed by atoms with Gasteiger partial charge in [-0.2, -0.15) is 0 Å². The van der Waals surface area contributed by atoms with Crippen molar-refractivity contribution in [2.75, 3.05) is 0 Å². The van der Waals surface area contributed by atoms with Crippen LogP contribution in [0.3, 0.4) is 0 Å². The first-order valence-corrected chi connectivity index (χ1v) is 7.42. The Morgan fingerprint density at radius 2 is 1.95 bits per heavy atom. The van der Waals surface area contributed by atoms with Gasteiger partial charge in [0.05, 0.1) is 11.1 Å². The van der Waals surface area contributed by atoms with Gasteiger partial charge in [-0.1, -0.05) is 29.3 Å². The standard InChI is InChI=1S/C16H13BrClNO/c1-9-2-5-14-11(6-9)8-15(20-14)16(19)10-3-4-13(18)12(17)7-10/h2-8,16H,19H2,1H3. The molecule has 4 heteroatoms. The molecule has 1 unspecified atom stereocenters. The largest absolute Gasteiger partial charge is 0.459 e. The molecule has 0 aliphatic carbocycles. The van der Waals surface area contributed by atoms with Crippen molar-refractivity contribution >= 4 is 38.5 Å². The highest BCUT2D eigenvalue weighted by atomic mass is 79.9. The lowest BCUT2D eigenvalue weighted by atomic mass is 10.1. The molecule has 0 fully saturated rings. The summed E-state index contributed by atoms with van der Waals surface area (Å²) in [7, 11) is 0. The molecule has 0 saturated heterocycles. The first-order valence-electron chi connectivity index (χ1n) is 6.25. The third-order valence-electron chi connectivity index (χ3n) is 3.30. The molecule has 0 bridgehead atoms. The van der Waals surface area contributed by atoms with Crippen molar-refractivity contribution in [3.63, 3.8) is 0 Å². The van der Waals surface area contributed by atoms with Gasteiger partial charge in [0.25, 0.3) is 0 Å². The molecule has 0 spiro atoms. The van der Waals surface area contributed by atoms with Crippen LogP contribution in [0, 0.1) is 6.92 Å². The molecule has 0 radical (unpaired) electrons. The molecule has 0 saturated carbocycles. The van der Waals surface area contributed by atoms with Crippen LogP contribution in [0.1, 0.15) is 22.9 Å². The molecule has 1 aromatic heterocycles. The van der Waals surface area contributed by atoms with E-state index in [9.17, 15) is 0 Å². The third-order valence-corrected chi connectivity index (χ3v) is 4.51. The summed E-state index contributed by atoms with van der Waals surface area (Å²) in [5, 5.41) is 1.74. The van der Waals surface area contributed by atoms with Crippen molar-refractivity contribution in [1.82, 2.24) is 0 Å². The zero-order valence-electron chi connectivity index (χ0n) is 10.9. The molecule has 1 heterocycles. The van der Waals surface area contributed by atoms with E-state index in [0.29, 0.717) is 5.02 Å². The highest BCUT2D eigenvalue weighted by molar-refractivity contribution is 9.10. The predicted octanol–water partition coefficient (Wildman–Crippen LogP) is 5.21. The number of nitrogens with two attached hydrogens (primary N) is 1. The highest BCUT2D eigenvalue weighted by Gasteiger charge is 2.15. The van der Waals surface area contributed by atoms with Gasteiger partial charge >= 0.3 is 0 Å². The van der Waals surface area contributed by atoms with Gasteiger partial charge in [-0.15, -0.1) is 0 Å². The van der Waals surface area contributed by atoms with Gasteiger partial charge in [-0.25, -0.2) is 0 Å². The fourth-order valence-corrected chi connectivity index (χ4v) is 2.72. The molecule has 2 nitrogen and oxygen atoms in total. The van der Waals surface area contributed by atoms with Crippen LogP contribution in [0.2, 0.25) is 5.02 Å². The van der Waals surface area contributed by atoms with E-state index < -0.39 is 0 Å². The van der Waals surface area contributed by atoms with Crippen molar-refractivity contribution in [2.45, 2.75) is 13.0 Å². The lowest BCUT2D eigenvalue weighted by Gasteiger charge is -2.10. The van der Waals surface area contributed by atoms with Gasteiger partial charge in [0.1, 0.15) is 11.3 Å². The molecule has 102 valence electrons. The van der Waals surface area contributed by atoms with E-state index in [1.54, 1.807) is 0 Å². The average molecular weight is 351 g/mol. The quantitative estimate of drug-likeness (QED) is 0.689. The van der Waals surface area contributed by atoms with Crippen molar-refractivity contribution in [3.8, 4) is 0 Å². The summed E-state index contributed by atoms with van der Waals surface area (Å²) in [5.74, 6) is 0.750. The van der Waals surface area contributed by atoms with Crippen LogP contribution >= 0.6 is 27.5 Å². The minimum Gasteiger partial charge on any atom is -0.459 e. The fourth-order valence-electron chi connectivity index (χ4n) is 2.21. The van der Waals surface area contributed by atoms with E-state index in [0.717, 1.165) is 26.8 Å². The maximum atomic E-state index is 6.28. The lowest BCUT2D eigenvalue weighted by molar-refractivity contribution is 0.525. The summed E-state index contributed by atoms with van der Waals surface area (Å²) in [5.41, 5.74) is 9.29. The molecule has 3 rings (SSSR count). The molecule has 20 heavy (non-hydrogen) atoms. The molecule has 3 aromatic rings. The van der Waals surface area contributed by atoms with Gasteiger partial charge in [-0.3, -0.25) is 0 Å². The first-order chi connectivity index (χ1) is 9.54. The minimum atomic E-state index is -0.309. The van der Waals surface area contributed by atoms with E-state index >= 15 is 0 Å². The Morgan fingerprint density at radius 3 is 2.70 bits per heavy atom. The maximum Gasteiger partial charge on any atom is 0.134 e. The Balaban J connectivity index is 2.02. The monoisotopic (exact) mass is 349 g/mol. The van der Waals surface area contributed by atoms with Crippen LogP contribution < -0.4 is 5.73 Å². The zero-order valence-corrected chi connectivity index (χ0v) is 13.2. The Kier molecular flexibility index (Phi) is 3.59. The third kappa shape index (κ3) is 2.49. The second kappa shape index (κ2) is 5.24. The number of fused-ring (bicyclic) bond motifs is 1. The van der Waals surface area contributed by atoms with Crippen molar-refractivity contribution in [3.05, 3.63) is 68.8 Å². The number of aryl methyl sites for hydroxylation is 1. The number of benzene rings is 2. The smallest absolute Gasteiger partial charge is 0.134 e. The van der Waals surface area contributed by atoms with Gasteiger partial charge in [0.15, 0.2) is 0 Å². The summed E-state index contributed by atoms with van der Waals surface area (Å²) in [6.07, 6.45) is 0. The lowest BCUT2D eigenvalue weighted by Crippen LogP contribution is -2.10. The van der Waals surface area contributed by atoms with E-state index in [-0.39, 0.29) is 6.04 Å². The fraction of sp³-hybridized carbons (Fsp3) is 0.125. The van der Waals surface area contributed by atoms with E-state index in [4.69, 9.17) is 21.8 Å². The van der Waals surface area contributed by atoms with E-state index in [1.165, 1.54) is 5.56 Å². The van der Waals surface area contributed by atoms with Crippen LogP contribution in [-0.2, 0) is 0 Å². The molecule has 0 aliphatic rings. The number of hydrogen-bond acceptors (Lipinski definition) is 2. The molecular formula is C16H13BrClNO. The van der Waals surface area contributed by atoms with Gasteiger partial charge in [-0.05, 0) is 58.7 Å². The van der Waals surface area contributed by atoms with Gasteiger partial charge in [0.2, 0.25) is 0 Å². The first kappa shape index (κ1) is 13.7. The maximum absolute atomic E-state index is 6.28. The van der Waals surface area contributed by atoms with Crippen molar-refractivity contribution in [1.29, 1.82) is 0 Å². The number of rotatable bonds is 2. The van der Waals surface area contributed by atoms with Crippen LogP contribution in [0.15, 0.2) is 51.4 Å². The average Bonchev–Trinajstić information content (AvgIpc) is 2.84. The van der Waals surface area contributed by atoms with Crippen LogP contribution in [0.5, 0.6) is 0 Å². The Hall–Kier alpha value is -1.29. The molecule has 0 amide bonds. The number of halogens is 2. The number of furan rings is 1. The highest BCUT2D eigenvalue weighted by Crippen LogP contribution is 2.30. The Morgan fingerprint density at radius 1 is 1.15 bits per heavy atom. The summed E-state index contributed by atoms with van der Waals surface area (Å²) in [4.78, 5) is 0. The SMILES string of the molecule is Cc1ccc2oc(C(N)c3ccc(Cl)c(Br)c3)cc2c1. The van der Waals surface area contributed by atoms with Gasteiger partial charge in [0, 0.05) is 9.86 Å². The van der Waals surface area contributed by atoms with Crippen molar-refractivity contribution in [2.24, 2.45) is 5.73 Å². The molecule has 1 atom stereocenters. The molecule has 0 aliphatic heterocycles. The summed E-state index contributed by atoms with van der Waals surface area (Å²) >= 11 is 9.41. The minimum absolute atomic E-state index is 0.309.